The Kier molecular flexibility index (Phi) is 3.43. The quantitative estimate of drug-likeness (QED) is 0.944. The Labute approximate surface area is 130 Å². The number of allylic oxidation sites excluding steroid dienone is 1. The summed E-state index contributed by atoms with van der Waals surface area (Å²) in [7, 11) is 0. The molecule has 0 radical (unpaired) electrons. The van der Waals surface area contributed by atoms with E-state index < -0.39 is 0 Å². The van der Waals surface area contributed by atoms with Crippen LogP contribution >= 0.6 is 0 Å². The Hall–Kier alpha value is -2.13. The van der Waals surface area contributed by atoms with Crippen LogP contribution in [0.3, 0.4) is 0 Å². The second kappa shape index (κ2) is 5.58. The Morgan fingerprint density at radius 3 is 2.95 bits per heavy atom. The topological polar surface area (TPSA) is 36.1 Å². The molecular weight excluding hydrogens is 272 g/mol. The van der Waals surface area contributed by atoms with Crippen molar-refractivity contribution in [1.29, 1.82) is 0 Å². The standard InChI is InChI=1S/C19H20N2O/c22-19-8-7-15(11-20-19)16-9-10-21(12-16)13-17-6-5-14-3-1-2-4-18(14)17/h1-4,6-8,11,16H,5,9-10,12-13H2,(H,20,22). The van der Waals surface area contributed by atoms with E-state index in [2.05, 4.69) is 40.2 Å². The van der Waals surface area contributed by atoms with Gasteiger partial charge in [-0.1, -0.05) is 36.4 Å². The van der Waals surface area contributed by atoms with Gasteiger partial charge < -0.3 is 4.98 Å². The molecule has 3 heteroatoms. The predicted octanol–water partition coefficient (Wildman–Crippen LogP) is 2.80. The van der Waals surface area contributed by atoms with Crippen molar-refractivity contribution >= 4 is 5.57 Å². The summed E-state index contributed by atoms with van der Waals surface area (Å²) in [5, 5.41) is 0. The van der Waals surface area contributed by atoms with Crippen LogP contribution < -0.4 is 5.56 Å². The smallest absolute Gasteiger partial charge is 0.247 e. The first-order valence-corrected chi connectivity index (χ1v) is 7.98. The number of aromatic nitrogens is 1. The van der Waals surface area contributed by atoms with E-state index in [1.54, 1.807) is 6.07 Å². The van der Waals surface area contributed by atoms with Crippen LogP contribution in [0.4, 0.5) is 0 Å². The summed E-state index contributed by atoms with van der Waals surface area (Å²) in [6.07, 6.45) is 6.49. The first-order valence-electron chi connectivity index (χ1n) is 7.98. The average molecular weight is 292 g/mol. The molecule has 2 aliphatic rings. The minimum atomic E-state index is -0.0219. The number of pyridine rings is 1. The van der Waals surface area contributed by atoms with E-state index in [0.717, 1.165) is 26.1 Å². The van der Waals surface area contributed by atoms with Crippen molar-refractivity contribution in [3.63, 3.8) is 0 Å². The monoisotopic (exact) mass is 292 g/mol. The van der Waals surface area contributed by atoms with Gasteiger partial charge in [0.1, 0.15) is 0 Å². The van der Waals surface area contributed by atoms with E-state index in [-0.39, 0.29) is 5.56 Å². The van der Waals surface area contributed by atoms with Crippen molar-refractivity contribution in [2.45, 2.75) is 18.8 Å². The number of rotatable bonds is 3. The molecule has 112 valence electrons. The largest absolute Gasteiger partial charge is 0.329 e. The highest BCUT2D eigenvalue weighted by atomic mass is 16.1. The molecule has 1 aromatic carbocycles. The zero-order chi connectivity index (χ0) is 14.9. The molecule has 1 aliphatic carbocycles. The van der Waals surface area contributed by atoms with Gasteiger partial charge in [-0.2, -0.15) is 0 Å². The number of hydrogen-bond acceptors (Lipinski definition) is 2. The van der Waals surface area contributed by atoms with Crippen LogP contribution in [-0.4, -0.2) is 29.5 Å². The van der Waals surface area contributed by atoms with Crippen molar-refractivity contribution in [2.24, 2.45) is 0 Å². The Bertz CT molecular complexity index is 755. The summed E-state index contributed by atoms with van der Waals surface area (Å²) in [6.45, 7) is 3.24. The molecule has 2 aromatic rings. The summed E-state index contributed by atoms with van der Waals surface area (Å²) in [4.78, 5) is 16.5. The molecule has 0 saturated carbocycles. The van der Waals surface area contributed by atoms with Gasteiger partial charge in [0.15, 0.2) is 0 Å². The van der Waals surface area contributed by atoms with Gasteiger partial charge in [-0.05, 0) is 47.6 Å². The van der Waals surface area contributed by atoms with Crippen LogP contribution in [0.2, 0.25) is 0 Å². The lowest BCUT2D eigenvalue weighted by Crippen LogP contribution is -2.22. The van der Waals surface area contributed by atoms with Crippen molar-refractivity contribution in [3.05, 3.63) is 75.7 Å². The van der Waals surface area contributed by atoms with Crippen LogP contribution in [0, 0.1) is 0 Å². The Morgan fingerprint density at radius 1 is 1.18 bits per heavy atom. The van der Waals surface area contributed by atoms with E-state index in [1.165, 1.54) is 28.7 Å². The van der Waals surface area contributed by atoms with Crippen LogP contribution in [-0.2, 0) is 6.42 Å². The molecule has 2 heterocycles. The summed E-state index contributed by atoms with van der Waals surface area (Å²) in [5.74, 6) is 0.536. The predicted molar refractivity (Wildman–Crippen MR) is 89.0 cm³/mol. The third-order valence-corrected chi connectivity index (χ3v) is 4.88. The van der Waals surface area contributed by atoms with Crippen LogP contribution in [0.15, 0.2) is 53.5 Å². The number of hydrogen-bond donors (Lipinski definition) is 1. The highest BCUT2D eigenvalue weighted by Crippen LogP contribution is 2.31. The molecule has 3 nitrogen and oxygen atoms in total. The highest BCUT2D eigenvalue weighted by molar-refractivity contribution is 5.74. The lowest BCUT2D eigenvalue weighted by molar-refractivity contribution is 0.377. The van der Waals surface area contributed by atoms with Gasteiger partial charge in [0.05, 0.1) is 0 Å². The molecular formula is C19H20N2O. The van der Waals surface area contributed by atoms with E-state index in [4.69, 9.17) is 0 Å². The van der Waals surface area contributed by atoms with Crippen molar-refractivity contribution in [3.8, 4) is 0 Å². The summed E-state index contributed by atoms with van der Waals surface area (Å²) in [5.41, 5.74) is 5.58. The van der Waals surface area contributed by atoms with Crippen LogP contribution in [0.5, 0.6) is 0 Å². The van der Waals surface area contributed by atoms with Gasteiger partial charge in [-0.3, -0.25) is 9.69 Å². The first-order chi connectivity index (χ1) is 10.8. The lowest BCUT2D eigenvalue weighted by Gasteiger charge is -2.17. The Morgan fingerprint density at radius 2 is 2.09 bits per heavy atom. The second-order valence-electron chi connectivity index (χ2n) is 6.30. The Balaban J connectivity index is 1.44. The van der Waals surface area contributed by atoms with Crippen molar-refractivity contribution in [1.82, 2.24) is 9.88 Å². The molecule has 4 rings (SSSR count). The molecule has 0 amide bonds. The SMILES string of the molecule is O=c1ccc(C2CCN(CC3=CCc4ccccc43)C2)c[nH]1. The van der Waals surface area contributed by atoms with E-state index in [0.29, 0.717) is 5.92 Å². The molecule has 22 heavy (non-hydrogen) atoms. The number of benzene rings is 1. The van der Waals surface area contributed by atoms with Gasteiger partial charge in [-0.25, -0.2) is 0 Å². The number of likely N-dealkylation sites (tertiary alicyclic amines) is 1. The van der Waals surface area contributed by atoms with Crippen molar-refractivity contribution < 1.29 is 0 Å². The molecule has 0 bridgehead atoms. The molecule has 0 spiro atoms. The van der Waals surface area contributed by atoms with E-state index in [9.17, 15) is 4.79 Å². The fourth-order valence-electron chi connectivity index (χ4n) is 3.67. The number of fused-ring (bicyclic) bond motifs is 1. The van der Waals surface area contributed by atoms with Crippen LogP contribution in [0.25, 0.3) is 5.57 Å². The van der Waals surface area contributed by atoms with Gasteiger partial charge in [0.2, 0.25) is 5.56 Å². The van der Waals surface area contributed by atoms with Crippen molar-refractivity contribution in [2.75, 3.05) is 19.6 Å². The molecule has 1 fully saturated rings. The highest BCUT2D eigenvalue weighted by Gasteiger charge is 2.25. The molecule has 1 saturated heterocycles. The zero-order valence-electron chi connectivity index (χ0n) is 12.6. The fourth-order valence-corrected chi connectivity index (χ4v) is 3.67. The maximum atomic E-state index is 11.2. The number of aromatic amines is 1. The summed E-state index contributed by atoms with van der Waals surface area (Å²) in [6, 6.07) is 12.3. The first kappa shape index (κ1) is 13.5. The van der Waals surface area contributed by atoms with Gasteiger partial charge in [0, 0.05) is 25.4 Å². The normalized spacial score (nSPS) is 20.9. The number of nitrogens with one attached hydrogen (secondary N) is 1. The summed E-state index contributed by atoms with van der Waals surface area (Å²) >= 11 is 0. The van der Waals surface area contributed by atoms with E-state index >= 15 is 0 Å². The minimum Gasteiger partial charge on any atom is -0.329 e. The third kappa shape index (κ3) is 2.53. The second-order valence-corrected chi connectivity index (χ2v) is 6.30. The van der Waals surface area contributed by atoms with Gasteiger partial charge >= 0.3 is 0 Å². The minimum absolute atomic E-state index is 0.0219. The number of nitrogens with zero attached hydrogens (tertiary/aromatic N) is 1. The molecule has 1 aliphatic heterocycles. The zero-order valence-corrected chi connectivity index (χ0v) is 12.6. The number of H-pyrrole nitrogens is 1. The molecule has 1 aromatic heterocycles. The maximum absolute atomic E-state index is 11.2. The fraction of sp³-hybridized carbons (Fsp3) is 0.316. The molecule has 1 atom stereocenters. The molecule has 1 N–H and O–H groups in total. The maximum Gasteiger partial charge on any atom is 0.247 e. The molecule has 1 unspecified atom stereocenters. The third-order valence-electron chi connectivity index (χ3n) is 4.88. The summed E-state index contributed by atoms with van der Waals surface area (Å²) < 4.78 is 0. The van der Waals surface area contributed by atoms with Gasteiger partial charge in [0.25, 0.3) is 0 Å². The van der Waals surface area contributed by atoms with Crippen LogP contribution in [0.1, 0.15) is 29.0 Å². The van der Waals surface area contributed by atoms with E-state index in [1.807, 2.05) is 12.3 Å². The van der Waals surface area contributed by atoms with Gasteiger partial charge in [-0.15, -0.1) is 0 Å². The average Bonchev–Trinajstić information content (AvgIpc) is 3.16. The lowest BCUT2D eigenvalue weighted by atomic mass is 10.0.